The largest absolute Gasteiger partial charge is 0.507 e. The number of nitrogens with one attached hydrogen (secondary N) is 2. The average Bonchev–Trinajstić information content (AvgIpc) is 3.64. The lowest BCUT2D eigenvalue weighted by Crippen LogP contribution is -2.49. The number of anilines is 1. The third-order valence-corrected chi connectivity index (χ3v) is 11.7. The molecule has 16 nitrogen and oxygen atoms in total. The lowest BCUT2D eigenvalue weighted by molar-refractivity contribution is -0.187. The highest BCUT2D eigenvalue weighted by Gasteiger charge is 2.30. The van der Waals surface area contributed by atoms with E-state index >= 15 is 0 Å². The predicted molar refractivity (Wildman–Crippen MR) is 245 cm³/mol. The molecule has 0 bridgehead atoms. The fourth-order valence-electron chi connectivity index (χ4n) is 8.06. The fraction of sp³-hybridized carbons (Fsp3) is 0.426. The molecule has 2 unspecified atom stereocenters. The molecule has 4 aliphatic rings. The minimum absolute atomic E-state index is 0.0205. The molecular weight excluding hydrogens is 803 g/mol. The second-order valence-electron chi connectivity index (χ2n) is 16.6. The Morgan fingerprint density at radius 3 is 2.32 bits per heavy atom. The van der Waals surface area contributed by atoms with Gasteiger partial charge in [-0.15, -0.1) is 0 Å². The SMILES string of the molecule is CN1CCN(CC2OCCCO2)CC1.Cc1c[nH]c2ccc(N3CCC(=O)NC3=O)cc12.Cc1cc(C2CN(C(/C=C(\N)c3ccccc3O)=C(N)N)CC(C)O2)c(C)cc1C=O. The molecule has 4 aromatic rings. The number of para-hydroxylation sites is 1. The zero-order chi connectivity index (χ0) is 45.2. The minimum atomic E-state index is -0.348. The zero-order valence-corrected chi connectivity index (χ0v) is 37.1. The number of piperazine rings is 1. The predicted octanol–water partition coefficient (Wildman–Crippen LogP) is 4.59. The number of carbonyl (C=O) groups is 3. The second-order valence-corrected chi connectivity index (χ2v) is 16.6. The van der Waals surface area contributed by atoms with E-state index in [2.05, 4.69) is 27.1 Å². The standard InChI is InChI=1S/C24H30N4O3.C13H13N3O2.C10H20N2O2/c1-14-9-19(15(2)8-17(14)13-29)23-12-28(11-16(3)31-23)21(24(26)27)10-20(25)18-6-4-5-7-22(18)30;1-8-7-14-11-3-2-9(6-10(8)11)16-5-4-12(17)15-13(16)18;1-11-3-5-12(6-4-11)9-10-13-7-2-8-14-10/h4-10,13,16,23,30H,11-12,25-27H2,1-3H3;2-3,6-7,14H,4-5H2,1H3,(H,15,17,18);10H,2-9H2,1H3/b20-10-;;. The van der Waals surface area contributed by atoms with Crippen molar-refractivity contribution in [2.75, 3.05) is 77.5 Å². The first-order chi connectivity index (χ1) is 30.2. The van der Waals surface area contributed by atoms with Crippen molar-refractivity contribution in [1.29, 1.82) is 0 Å². The van der Waals surface area contributed by atoms with Gasteiger partial charge in [0.1, 0.15) is 24.0 Å². The Labute approximate surface area is 369 Å². The van der Waals surface area contributed by atoms with Gasteiger partial charge in [-0.1, -0.05) is 18.2 Å². The van der Waals surface area contributed by atoms with E-state index < -0.39 is 0 Å². The van der Waals surface area contributed by atoms with Crippen LogP contribution in [0.3, 0.4) is 0 Å². The third-order valence-electron chi connectivity index (χ3n) is 11.7. The van der Waals surface area contributed by atoms with E-state index in [1.165, 1.54) is 0 Å². The summed E-state index contributed by atoms with van der Waals surface area (Å²) in [4.78, 5) is 45.7. The minimum Gasteiger partial charge on any atom is -0.507 e. The molecule has 4 fully saturated rings. The summed E-state index contributed by atoms with van der Waals surface area (Å²) in [6, 6.07) is 16.2. The molecule has 9 N–H and O–H groups in total. The van der Waals surface area contributed by atoms with Crippen LogP contribution in [0, 0.1) is 20.8 Å². The number of nitrogens with two attached hydrogens (primary N) is 3. The van der Waals surface area contributed by atoms with Gasteiger partial charge in [-0.05, 0) is 106 Å². The van der Waals surface area contributed by atoms with E-state index in [1.54, 1.807) is 35.2 Å². The maximum Gasteiger partial charge on any atom is 0.328 e. The summed E-state index contributed by atoms with van der Waals surface area (Å²) >= 11 is 0. The number of allylic oxidation sites excluding steroid dienone is 1. The van der Waals surface area contributed by atoms with Crippen molar-refractivity contribution in [2.24, 2.45) is 17.2 Å². The Morgan fingerprint density at radius 2 is 1.63 bits per heavy atom. The Morgan fingerprint density at radius 1 is 0.905 bits per heavy atom. The zero-order valence-electron chi connectivity index (χ0n) is 37.1. The first-order valence-corrected chi connectivity index (χ1v) is 21.5. The Bertz CT molecular complexity index is 2290. The van der Waals surface area contributed by atoms with Crippen LogP contribution < -0.4 is 27.4 Å². The number of aromatic amines is 1. The molecular formula is C47H63N9O7. The van der Waals surface area contributed by atoms with Crippen molar-refractivity contribution in [3.63, 3.8) is 0 Å². The summed E-state index contributed by atoms with van der Waals surface area (Å²) in [6.45, 7) is 16.7. The number of nitrogens with zero attached hydrogens (tertiary/aromatic N) is 4. The van der Waals surface area contributed by atoms with Gasteiger partial charge in [0, 0.05) is 98.4 Å². The maximum atomic E-state index is 11.8. The van der Waals surface area contributed by atoms with Crippen LogP contribution in [0.2, 0.25) is 0 Å². The number of urea groups is 1. The first-order valence-electron chi connectivity index (χ1n) is 21.5. The Kier molecular flexibility index (Phi) is 15.9. The number of hydrogen-bond donors (Lipinski definition) is 6. The van der Waals surface area contributed by atoms with Gasteiger partial charge in [0.2, 0.25) is 5.91 Å². The molecule has 338 valence electrons. The molecule has 3 amide bonds. The van der Waals surface area contributed by atoms with Crippen molar-refractivity contribution < 1.29 is 33.7 Å². The van der Waals surface area contributed by atoms with Crippen molar-refractivity contribution >= 4 is 40.5 Å². The summed E-state index contributed by atoms with van der Waals surface area (Å²) in [5.74, 6) is 0.00589. The van der Waals surface area contributed by atoms with Crippen molar-refractivity contribution in [1.82, 2.24) is 25.0 Å². The summed E-state index contributed by atoms with van der Waals surface area (Å²) in [5, 5.41) is 13.5. The summed E-state index contributed by atoms with van der Waals surface area (Å²) in [6.07, 6.45) is 5.59. The van der Waals surface area contributed by atoms with E-state index in [0.717, 1.165) is 97.5 Å². The summed E-state index contributed by atoms with van der Waals surface area (Å²) < 4.78 is 17.3. The number of hydrogen-bond acceptors (Lipinski definition) is 13. The van der Waals surface area contributed by atoms with Crippen molar-refractivity contribution in [3.05, 3.63) is 112 Å². The number of aryl methyl sites for hydroxylation is 3. The normalized spacial score (nSPS) is 20.3. The number of rotatable bonds is 8. The molecule has 0 aliphatic carbocycles. The highest BCUT2D eigenvalue weighted by molar-refractivity contribution is 6.06. The molecule has 0 spiro atoms. The second kappa shape index (κ2) is 21.4. The van der Waals surface area contributed by atoms with Crippen LogP contribution in [0.1, 0.15) is 64.0 Å². The van der Waals surface area contributed by atoms with Gasteiger partial charge in [-0.25, -0.2) is 4.79 Å². The van der Waals surface area contributed by atoms with E-state index in [4.69, 9.17) is 31.4 Å². The molecule has 3 aromatic carbocycles. The van der Waals surface area contributed by atoms with Crippen molar-refractivity contribution in [3.8, 4) is 5.75 Å². The van der Waals surface area contributed by atoms with Gasteiger partial charge in [-0.3, -0.25) is 24.7 Å². The number of morpholine rings is 1. The highest BCUT2D eigenvalue weighted by atomic mass is 16.7. The van der Waals surface area contributed by atoms with Crippen LogP contribution in [0.5, 0.6) is 5.75 Å². The molecule has 0 saturated carbocycles. The first kappa shape index (κ1) is 46.6. The molecule has 1 aromatic heterocycles. The Hall–Kier alpha value is -5.91. The molecule has 5 heterocycles. The number of H-pyrrole nitrogens is 1. The van der Waals surface area contributed by atoms with E-state index in [-0.39, 0.29) is 42.0 Å². The van der Waals surface area contributed by atoms with Gasteiger partial charge in [-0.2, -0.15) is 0 Å². The van der Waals surface area contributed by atoms with Gasteiger partial charge in [0.15, 0.2) is 6.29 Å². The number of aromatic nitrogens is 1. The van der Waals surface area contributed by atoms with E-state index in [0.29, 0.717) is 48.6 Å². The molecule has 4 saturated heterocycles. The number of fused-ring (bicyclic) bond motifs is 1. The number of aldehydes is 1. The quantitative estimate of drug-likeness (QED) is 0.106. The summed E-state index contributed by atoms with van der Waals surface area (Å²) in [7, 11) is 2.17. The number of ether oxygens (including phenoxy) is 3. The topological polar surface area (TPSA) is 218 Å². The fourth-order valence-corrected chi connectivity index (χ4v) is 8.06. The maximum absolute atomic E-state index is 11.8. The number of amides is 3. The molecule has 0 radical (unpaired) electrons. The van der Waals surface area contributed by atoms with Crippen LogP contribution >= 0.6 is 0 Å². The van der Waals surface area contributed by atoms with Crippen LogP contribution in [0.25, 0.3) is 16.6 Å². The number of phenolic OH excluding ortho intramolecular Hbond substituents is 1. The average molecular weight is 866 g/mol. The third kappa shape index (κ3) is 12.2. The van der Waals surface area contributed by atoms with Crippen LogP contribution in [0.15, 0.2) is 78.4 Å². The van der Waals surface area contributed by atoms with Crippen LogP contribution in [-0.2, 0) is 19.0 Å². The van der Waals surface area contributed by atoms with Crippen LogP contribution in [0.4, 0.5) is 10.5 Å². The lowest BCUT2D eigenvalue weighted by Gasteiger charge is -2.39. The molecule has 4 aliphatic heterocycles. The number of carbonyl (C=O) groups excluding carboxylic acids is 3. The number of aromatic hydroxyl groups is 1. The van der Waals surface area contributed by atoms with Crippen molar-refractivity contribution in [2.45, 2.75) is 59.0 Å². The van der Waals surface area contributed by atoms with Crippen LogP contribution in [-0.4, -0.2) is 128 Å². The van der Waals surface area contributed by atoms with Gasteiger partial charge in [0.05, 0.1) is 25.0 Å². The number of imide groups is 1. The summed E-state index contributed by atoms with van der Waals surface area (Å²) in [5.41, 5.74) is 26.4. The molecule has 2 atom stereocenters. The van der Waals surface area contributed by atoms with Gasteiger partial charge < -0.3 is 51.3 Å². The Balaban J connectivity index is 0.000000173. The van der Waals surface area contributed by atoms with E-state index in [9.17, 15) is 19.5 Å². The molecule has 8 rings (SSSR count). The molecule has 16 heteroatoms. The highest BCUT2D eigenvalue weighted by Crippen LogP contribution is 2.32. The lowest BCUT2D eigenvalue weighted by atomic mass is 9.95. The van der Waals surface area contributed by atoms with Gasteiger partial charge >= 0.3 is 6.03 Å². The van der Waals surface area contributed by atoms with Gasteiger partial charge in [0.25, 0.3) is 0 Å². The van der Waals surface area contributed by atoms with E-state index in [1.807, 2.05) is 69.1 Å². The number of benzene rings is 3. The number of likely N-dealkylation sites (N-methyl/N-ethyl adjacent to an activating group) is 1. The molecule has 63 heavy (non-hydrogen) atoms. The monoisotopic (exact) mass is 865 g/mol. The number of phenols is 1. The smallest absolute Gasteiger partial charge is 0.328 e.